The van der Waals surface area contributed by atoms with Crippen molar-refractivity contribution >= 4 is 64.0 Å². The number of nitrogens with two attached hydrogens (primary N) is 1. The molecule has 0 aromatic carbocycles. The molecule has 8 atom stereocenters. The average molecular weight is 852 g/mol. The molecule has 3 rings (SSSR count). The predicted octanol–water partition coefficient (Wildman–Crippen LogP) is 0.717. The Morgan fingerprint density at radius 1 is 1.09 bits per heavy atom. The number of carbonyl (C=O) groups excluding carboxylic acids is 2. The first-order valence-corrected chi connectivity index (χ1v) is 22.1. The molecule has 0 aliphatic carbocycles. The fourth-order valence-electron chi connectivity index (χ4n) is 4.97. The molecule has 0 saturated carbocycles. The Kier molecular flexibility index (Phi) is 17.0. The predicted molar refractivity (Wildman–Crippen MR) is 191 cm³/mol. The van der Waals surface area contributed by atoms with Gasteiger partial charge in [0, 0.05) is 35.9 Å². The highest BCUT2D eigenvalue weighted by molar-refractivity contribution is 7.99. The molecule has 2 amide bonds. The number of unbranched alkanes of at least 4 members (excludes halogenated alkanes) is 1. The fraction of sp³-hybridized carbons (Fsp3) is 0.741. The molecule has 54 heavy (non-hydrogen) atoms. The maximum Gasteiger partial charge on any atom is 0.481 e. The standard InChI is InChI=1S/C27H48N7O16P3S/c1-5-6-7-16(2)54-11-10-29-18(35)8-9-30-25(38)22(37)27(3,4)13-47-53(44,45)50-52(42,43)46-12-17-21(49-51(39,40)41)20(36)26(48-17)34-15-33-19-23(28)31-14-32-24(19)34/h14-17,20-22,26,36-37H,5-13H2,1-4H3,(H,29,35)(H,30,38)(H,42,43)(H,44,45)(H2,28,31,32)(H2,39,40,41)/t16?,17-,20-,21-,22+,26-/m1/s1. The van der Waals surface area contributed by atoms with E-state index in [2.05, 4.69) is 48.3 Å². The summed E-state index contributed by atoms with van der Waals surface area (Å²) >= 11 is 1.75. The highest BCUT2D eigenvalue weighted by Crippen LogP contribution is 2.61. The van der Waals surface area contributed by atoms with Crippen molar-refractivity contribution in [2.24, 2.45) is 5.41 Å². The fourth-order valence-corrected chi connectivity index (χ4v) is 8.75. The summed E-state index contributed by atoms with van der Waals surface area (Å²) in [6, 6.07) is 0. The normalized spacial score (nSPS) is 22.7. The van der Waals surface area contributed by atoms with E-state index in [0.29, 0.717) is 11.8 Å². The molecule has 2 aromatic rings. The van der Waals surface area contributed by atoms with Gasteiger partial charge in [-0.15, -0.1) is 0 Å². The summed E-state index contributed by atoms with van der Waals surface area (Å²) in [4.78, 5) is 75.6. The van der Waals surface area contributed by atoms with E-state index in [9.17, 15) is 53.1 Å². The van der Waals surface area contributed by atoms with Gasteiger partial charge in [-0.25, -0.2) is 28.6 Å². The highest BCUT2D eigenvalue weighted by atomic mass is 32.2. The van der Waals surface area contributed by atoms with Gasteiger partial charge in [-0.2, -0.15) is 16.1 Å². The molecule has 10 N–H and O–H groups in total. The lowest BCUT2D eigenvalue weighted by molar-refractivity contribution is -0.137. The Labute approximate surface area is 314 Å². The lowest BCUT2D eigenvalue weighted by atomic mass is 9.87. The van der Waals surface area contributed by atoms with Gasteiger partial charge in [-0.3, -0.25) is 27.7 Å². The first-order chi connectivity index (χ1) is 25.1. The van der Waals surface area contributed by atoms with E-state index in [-0.39, 0.29) is 35.9 Å². The minimum absolute atomic E-state index is 0.0337. The van der Waals surface area contributed by atoms with E-state index in [0.717, 1.165) is 42.2 Å². The molecule has 0 bridgehead atoms. The van der Waals surface area contributed by atoms with Gasteiger partial charge in [0.05, 0.1) is 19.5 Å². The van der Waals surface area contributed by atoms with Crippen LogP contribution in [0.5, 0.6) is 0 Å². The number of nitrogens with one attached hydrogen (secondary N) is 2. The Balaban J connectivity index is 1.50. The summed E-state index contributed by atoms with van der Waals surface area (Å²) in [6.45, 7) is 5.18. The summed E-state index contributed by atoms with van der Waals surface area (Å²) in [7, 11) is -16.3. The van der Waals surface area contributed by atoms with E-state index >= 15 is 0 Å². The summed E-state index contributed by atoms with van der Waals surface area (Å²) in [5.74, 6) is -0.534. The molecule has 1 aliphatic heterocycles. The molecular formula is C27H48N7O16P3S. The van der Waals surface area contributed by atoms with Gasteiger partial charge in [-0.1, -0.05) is 40.5 Å². The second-order valence-electron chi connectivity index (χ2n) is 12.9. The number of fused-ring (bicyclic) bond motifs is 1. The number of aliphatic hydroxyl groups excluding tert-OH is 2. The van der Waals surface area contributed by atoms with Crippen LogP contribution in [0.3, 0.4) is 0 Å². The van der Waals surface area contributed by atoms with Crippen LogP contribution in [-0.2, 0) is 45.9 Å². The lowest BCUT2D eigenvalue weighted by Crippen LogP contribution is -2.46. The summed E-state index contributed by atoms with van der Waals surface area (Å²) < 4.78 is 62.1. The Morgan fingerprint density at radius 3 is 2.44 bits per heavy atom. The largest absolute Gasteiger partial charge is 0.481 e. The zero-order chi connectivity index (χ0) is 40.5. The molecule has 27 heteroatoms. The van der Waals surface area contributed by atoms with Gasteiger partial charge < -0.3 is 50.9 Å². The van der Waals surface area contributed by atoms with Gasteiger partial charge in [0.1, 0.15) is 36.3 Å². The number of phosphoric ester groups is 3. The van der Waals surface area contributed by atoms with E-state index in [1.54, 1.807) is 11.8 Å². The zero-order valence-corrected chi connectivity index (χ0v) is 33.4. The first kappa shape index (κ1) is 46.3. The summed E-state index contributed by atoms with van der Waals surface area (Å²) in [6.07, 6.45) is -3.35. The Bertz CT molecular complexity index is 1720. The van der Waals surface area contributed by atoms with Crippen molar-refractivity contribution in [3.05, 3.63) is 12.7 Å². The smallest absolute Gasteiger partial charge is 0.386 e. The molecule has 3 heterocycles. The van der Waals surface area contributed by atoms with E-state index < -0.39 is 78.6 Å². The number of ether oxygens (including phenoxy) is 1. The van der Waals surface area contributed by atoms with Gasteiger partial charge in [0.2, 0.25) is 11.8 Å². The third kappa shape index (κ3) is 14.1. The number of anilines is 1. The average Bonchev–Trinajstić information content (AvgIpc) is 3.63. The number of nitrogen functional groups attached to an aromatic ring is 1. The van der Waals surface area contributed by atoms with Crippen molar-refractivity contribution in [2.75, 3.05) is 37.8 Å². The number of carbonyl (C=O) groups is 2. The minimum atomic E-state index is -5.55. The van der Waals surface area contributed by atoms with Crippen LogP contribution in [0.4, 0.5) is 5.82 Å². The van der Waals surface area contributed by atoms with Crippen molar-refractivity contribution in [1.29, 1.82) is 0 Å². The van der Waals surface area contributed by atoms with Crippen molar-refractivity contribution < 1.29 is 75.7 Å². The second kappa shape index (κ2) is 19.8. The maximum absolute atomic E-state index is 12.7. The zero-order valence-electron chi connectivity index (χ0n) is 29.9. The number of hydrogen-bond donors (Lipinski definition) is 9. The number of rotatable bonds is 23. The Morgan fingerprint density at radius 2 is 1.78 bits per heavy atom. The molecule has 2 aromatic heterocycles. The molecule has 1 saturated heterocycles. The molecule has 23 nitrogen and oxygen atoms in total. The minimum Gasteiger partial charge on any atom is -0.386 e. The van der Waals surface area contributed by atoms with Gasteiger partial charge in [-0.05, 0) is 6.42 Å². The first-order valence-electron chi connectivity index (χ1n) is 16.6. The molecular weight excluding hydrogens is 803 g/mol. The molecule has 0 radical (unpaired) electrons. The van der Waals surface area contributed by atoms with Crippen LogP contribution in [0.15, 0.2) is 12.7 Å². The lowest BCUT2D eigenvalue weighted by Gasteiger charge is -2.30. The highest BCUT2D eigenvalue weighted by Gasteiger charge is 2.50. The molecule has 308 valence electrons. The van der Waals surface area contributed by atoms with Gasteiger partial charge >= 0.3 is 23.5 Å². The van der Waals surface area contributed by atoms with Crippen molar-refractivity contribution in [3.63, 3.8) is 0 Å². The molecule has 0 spiro atoms. The van der Waals surface area contributed by atoms with Gasteiger partial charge in [0.25, 0.3) is 0 Å². The topological polar surface area (TPSA) is 347 Å². The third-order valence-corrected chi connectivity index (χ3v) is 12.2. The number of nitrogens with zero attached hydrogens (tertiary/aromatic N) is 4. The van der Waals surface area contributed by atoms with Crippen molar-refractivity contribution in [2.45, 2.75) is 89.3 Å². The maximum atomic E-state index is 12.7. The number of hydrogen-bond acceptors (Lipinski definition) is 17. The van der Waals surface area contributed by atoms with Crippen LogP contribution in [0.1, 0.15) is 59.6 Å². The quantitative estimate of drug-likeness (QED) is 0.0549. The SMILES string of the molecule is CCCCC(C)SCCNC(=O)CCNC(=O)[C@H](O)C(C)(C)COP(=O)(O)OP(=O)(O)OC[C@H]1O[C@@H](n2cnc3c(N)ncnc32)[C@H](O)[C@@H]1OP(=O)(O)O. The van der Waals surface area contributed by atoms with Crippen molar-refractivity contribution in [3.8, 4) is 0 Å². The summed E-state index contributed by atoms with van der Waals surface area (Å²) in [5.41, 5.74) is 4.32. The second-order valence-corrected chi connectivity index (χ2v) is 18.7. The van der Waals surface area contributed by atoms with Crippen LogP contribution in [0.25, 0.3) is 11.2 Å². The van der Waals surface area contributed by atoms with Crippen molar-refractivity contribution in [1.82, 2.24) is 30.2 Å². The third-order valence-electron chi connectivity index (χ3n) is 7.87. The number of aromatic nitrogens is 4. The van der Waals surface area contributed by atoms with Crippen LogP contribution in [-0.4, -0.2) is 123 Å². The van der Waals surface area contributed by atoms with Crippen LogP contribution >= 0.6 is 35.2 Å². The number of thioether (sulfide) groups is 1. The van der Waals surface area contributed by atoms with E-state index in [1.807, 2.05) is 0 Å². The molecule has 1 aliphatic rings. The Hall–Kier alpha value is -2.11. The monoisotopic (exact) mass is 851 g/mol. The number of amides is 2. The molecule has 3 unspecified atom stereocenters. The summed E-state index contributed by atoms with van der Waals surface area (Å²) in [5, 5.41) is 27.1. The van der Waals surface area contributed by atoms with Crippen LogP contribution < -0.4 is 16.4 Å². The molecule has 1 fully saturated rings. The van der Waals surface area contributed by atoms with Crippen LogP contribution in [0, 0.1) is 5.41 Å². The van der Waals surface area contributed by atoms with Gasteiger partial charge in [0.15, 0.2) is 17.7 Å². The van der Waals surface area contributed by atoms with Crippen LogP contribution in [0.2, 0.25) is 0 Å². The number of aliphatic hydroxyl groups is 2. The number of imidazole rings is 1. The van der Waals surface area contributed by atoms with E-state index in [4.69, 9.17) is 19.5 Å². The van der Waals surface area contributed by atoms with E-state index in [1.165, 1.54) is 13.8 Å². The number of phosphoric acid groups is 3.